The fourth-order valence-corrected chi connectivity index (χ4v) is 3.94. The molecule has 0 bridgehead atoms. The van der Waals surface area contributed by atoms with Gasteiger partial charge in [-0.3, -0.25) is 14.4 Å². The molecule has 0 spiro atoms. The minimum absolute atomic E-state index is 0.264. The number of carbonyl (C=O) groups is 2. The van der Waals surface area contributed by atoms with Gasteiger partial charge in [-0.2, -0.15) is 13.2 Å². The van der Waals surface area contributed by atoms with Crippen molar-refractivity contribution in [3.63, 3.8) is 0 Å². The van der Waals surface area contributed by atoms with Crippen LogP contribution in [0.15, 0.2) is 40.0 Å². The monoisotopic (exact) mass is 453 g/mol. The van der Waals surface area contributed by atoms with E-state index in [0.717, 1.165) is 44.4 Å². The highest BCUT2D eigenvalue weighted by Crippen LogP contribution is 2.33. The normalized spacial score (nSPS) is 15.9. The Balaban J connectivity index is 1.98. The van der Waals surface area contributed by atoms with Gasteiger partial charge >= 0.3 is 6.18 Å². The van der Waals surface area contributed by atoms with Crippen LogP contribution >= 0.6 is 0 Å². The lowest BCUT2D eigenvalue weighted by atomic mass is 9.89. The summed E-state index contributed by atoms with van der Waals surface area (Å²) in [4.78, 5) is 39.4. The van der Waals surface area contributed by atoms with Gasteiger partial charge in [0.1, 0.15) is 16.9 Å². The second-order valence-corrected chi connectivity index (χ2v) is 8.28. The molecule has 1 aliphatic rings. The first kappa shape index (κ1) is 23.6. The molecule has 2 aromatic heterocycles. The number of hydrogen-bond donors (Lipinski definition) is 1. The molecule has 2 aromatic rings. The first-order valence-electron chi connectivity index (χ1n) is 10.4. The zero-order valence-electron chi connectivity index (χ0n) is 17.9. The predicted molar refractivity (Wildman–Crippen MR) is 110 cm³/mol. The van der Waals surface area contributed by atoms with E-state index in [1.54, 1.807) is 4.57 Å². The SMILES string of the molecule is CN(C)C(=O)c1cn(CC2CCCCC2)cc(C(=O)N[C@@H](c2ccco2)C(F)(F)F)c1=O. The van der Waals surface area contributed by atoms with E-state index in [1.165, 1.54) is 37.5 Å². The van der Waals surface area contributed by atoms with Crippen LogP contribution in [0.4, 0.5) is 13.2 Å². The summed E-state index contributed by atoms with van der Waals surface area (Å²) in [6.07, 6.45) is 4.05. The van der Waals surface area contributed by atoms with E-state index < -0.39 is 40.8 Å². The maximum Gasteiger partial charge on any atom is 0.415 e. The molecular formula is C22H26F3N3O4. The topological polar surface area (TPSA) is 84.6 Å². The first-order valence-corrected chi connectivity index (χ1v) is 10.4. The summed E-state index contributed by atoms with van der Waals surface area (Å²) in [5, 5.41) is 1.85. The second kappa shape index (κ2) is 9.62. The average molecular weight is 453 g/mol. The summed E-state index contributed by atoms with van der Waals surface area (Å²) in [5.41, 5.74) is -1.70. The molecular weight excluding hydrogens is 427 g/mol. The van der Waals surface area contributed by atoms with E-state index in [4.69, 9.17) is 4.42 Å². The van der Waals surface area contributed by atoms with Gasteiger partial charge in [0.15, 0.2) is 6.04 Å². The number of rotatable bonds is 6. The summed E-state index contributed by atoms with van der Waals surface area (Å²) in [6, 6.07) is -0.0658. The Morgan fingerprint density at radius 1 is 1.19 bits per heavy atom. The molecule has 174 valence electrons. The average Bonchev–Trinajstić information content (AvgIpc) is 3.26. The maximum atomic E-state index is 13.5. The third kappa shape index (κ3) is 5.41. The Bertz CT molecular complexity index is 1010. The van der Waals surface area contributed by atoms with Crippen molar-refractivity contribution in [2.24, 2.45) is 5.92 Å². The zero-order valence-corrected chi connectivity index (χ0v) is 17.9. The number of hydrogen-bond acceptors (Lipinski definition) is 4. The highest BCUT2D eigenvalue weighted by atomic mass is 19.4. The highest BCUT2D eigenvalue weighted by Gasteiger charge is 2.44. The van der Waals surface area contributed by atoms with Crippen molar-refractivity contribution < 1.29 is 27.2 Å². The van der Waals surface area contributed by atoms with Gasteiger partial charge in [0, 0.05) is 33.0 Å². The van der Waals surface area contributed by atoms with Crippen molar-refractivity contribution in [2.45, 2.75) is 50.9 Å². The van der Waals surface area contributed by atoms with E-state index in [2.05, 4.69) is 0 Å². The number of furan rings is 1. The predicted octanol–water partition coefficient (Wildman–Crippen LogP) is 3.76. The molecule has 32 heavy (non-hydrogen) atoms. The minimum atomic E-state index is -4.84. The van der Waals surface area contributed by atoms with Crippen LogP contribution in [-0.4, -0.2) is 41.6 Å². The Labute approximate surface area is 183 Å². The van der Waals surface area contributed by atoms with Crippen molar-refractivity contribution in [2.75, 3.05) is 14.1 Å². The van der Waals surface area contributed by atoms with Crippen LogP contribution in [0.25, 0.3) is 0 Å². The number of alkyl halides is 3. The van der Waals surface area contributed by atoms with E-state index in [-0.39, 0.29) is 5.56 Å². The molecule has 1 aliphatic carbocycles. The molecule has 1 fully saturated rings. The lowest BCUT2D eigenvalue weighted by Crippen LogP contribution is -2.41. The fraction of sp³-hybridized carbons (Fsp3) is 0.500. The number of pyridine rings is 1. The number of nitrogens with zero attached hydrogens (tertiary/aromatic N) is 2. The maximum absolute atomic E-state index is 13.5. The molecule has 0 radical (unpaired) electrons. The van der Waals surface area contributed by atoms with Crippen LogP contribution in [0, 0.1) is 5.92 Å². The van der Waals surface area contributed by atoms with E-state index in [9.17, 15) is 27.6 Å². The molecule has 2 heterocycles. The summed E-state index contributed by atoms with van der Waals surface area (Å²) < 4.78 is 47.0. The first-order chi connectivity index (χ1) is 15.1. The number of halogens is 3. The van der Waals surface area contributed by atoms with Crippen molar-refractivity contribution in [1.29, 1.82) is 0 Å². The van der Waals surface area contributed by atoms with Gasteiger partial charge in [0.05, 0.1) is 6.26 Å². The lowest BCUT2D eigenvalue weighted by molar-refractivity contribution is -0.159. The van der Waals surface area contributed by atoms with Gasteiger partial charge in [0.2, 0.25) is 5.43 Å². The van der Waals surface area contributed by atoms with Gasteiger partial charge in [-0.25, -0.2) is 0 Å². The molecule has 10 heteroatoms. The number of aromatic nitrogens is 1. The molecule has 0 aliphatic heterocycles. The minimum Gasteiger partial charge on any atom is -0.467 e. The Morgan fingerprint density at radius 3 is 2.41 bits per heavy atom. The summed E-state index contributed by atoms with van der Waals surface area (Å²) in [7, 11) is 2.91. The Morgan fingerprint density at radius 2 is 1.84 bits per heavy atom. The van der Waals surface area contributed by atoms with Gasteiger partial charge in [-0.1, -0.05) is 19.3 Å². The third-order valence-electron chi connectivity index (χ3n) is 5.58. The van der Waals surface area contributed by atoms with E-state index >= 15 is 0 Å². The van der Waals surface area contributed by atoms with Gasteiger partial charge in [0.25, 0.3) is 11.8 Å². The van der Waals surface area contributed by atoms with Crippen molar-refractivity contribution >= 4 is 11.8 Å². The standard InChI is InChI=1S/C22H26F3N3O4/c1-27(2)21(31)16-13-28(11-14-7-4-3-5-8-14)12-15(18(16)29)20(30)26-19(22(23,24)25)17-9-6-10-32-17/h6,9-10,12-14,19H,3-5,7-8,11H2,1-2H3,(H,26,30)/t19-/m0/s1. The van der Waals surface area contributed by atoms with Crippen LogP contribution in [-0.2, 0) is 6.54 Å². The lowest BCUT2D eigenvalue weighted by Gasteiger charge is -2.24. The molecule has 0 saturated heterocycles. The van der Waals surface area contributed by atoms with Gasteiger partial charge < -0.3 is 19.2 Å². The smallest absolute Gasteiger partial charge is 0.415 e. The quantitative estimate of drug-likeness (QED) is 0.722. The third-order valence-corrected chi connectivity index (χ3v) is 5.58. The van der Waals surface area contributed by atoms with Crippen LogP contribution in [0.2, 0.25) is 0 Å². The summed E-state index contributed by atoms with van der Waals surface area (Å²) >= 11 is 0. The number of amides is 2. The Hall–Kier alpha value is -3.04. The molecule has 1 atom stereocenters. The van der Waals surface area contributed by atoms with Crippen LogP contribution in [0.1, 0.15) is 64.6 Å². The Kier molecular flexibility index (Phi) is 7.10. The molecule has 7 nitrogen and oxygen atoms in total. The fourth-order valence-electron chi connectivity index (χ4n) is 3.94. The molecule has 0 unspecified atom stereocenters. The van der Waals surface area contributed by atoms with Crippen molar-refractivity contribution in [3.8, 4) is 0 Å². The highest BCUT2D eigenvalue weighted by molar-refractivity contribution is 5.99. The van der Waals surface area contributed by atoms with Crippen LogP contribution < -0.4 is 10.7 Å². The number of nitrogens with one attached hydrogen (secondary N) is 1. The van der Waals surface area contributed by atoms with E-state index in [0.29, 0.717) is 12.5 Å². The van der Waals surface area contributed by atoms with Gasteiger partial charge in [-0.15, -0.1) is 0 Å². The molecule has 0 aromatic carbocycles. The molecule has 1 saturated carbocycles. The van der Waals surface area contributed by atoms with Crippen molar-refractivity contribution in [3.05, 3.63) is 57.9 Å². The largest absolute Gasteiger partial charge is 0.467 e. The summed E-state index contributed by atoms with van der Waals surface area (Å²) in [5.74, 6) is -2.05. The van der Waals surface area contributed by atoms with Gasteiger partial charge in [-0.05, 0) is 30.9 Å². The molecule has 1 N–H and O–H groups in total. The van der Waals surface area contributed by atoms with Crippen molar-refractivity contribution in [1.82, 2.24) is 14.8 Å². The zero-order chi connectivity index (χ0) is 23.5. The van der Waals surface area contributed by atoms with Crippen LogP contribution in [0.5, 0.6) is 0 Å². The molecule has 3 rings (SSSR count). The summed E-state index contributed by atoms with van der Waals surface area (Å²) in [6.45, 7) is 0.467. The van der Waals surface area contributed by atoms with E-state index in [1.807, 2.05) is 5.32 Å². The number of carbonyl (C=O) groups excluding carboxylic acids is 2. The van der Waals surface area contributed by atoms with Crippen LogP contribution in [0.3, 0.4) is 0 Å². The second-order valence-electron chi connectivity index (χ2n) is 8.28. The molecule has 2 amide bonds.